The summed E-state index contributed by atoms with van der Waals surface area (Å²) in [6.45, 7) is 1.93. The molecule has 0 saturated heterocycles. The number of anilines is 1. The second kappa shape index (κ2) is 10.2. The van der Waals surface area contributed by atoms with Gasteiger partial charge in [-0.25, -0.2) is 4.39 Å². The van der Waals surface area contributed by atoms with E-state index in [-0.39, 0.29) is 11.4 Å². The molecule has 3 aromatic carbocycles. The third-order valence-corrected chi connectivity index (χ3v) is 5.58. The summed E-state index contributed by atoms with van der Waals surface area (Å²) in [6.07, 6.45) is 2.03. The first-order valence-corrected chi connectivity index (χ1v) is 10.6. The molecule has 3 aromatic rings. The minimum atomic E-state index is -0.481. The summed E-state index contributed by atoms with van der Waals surface area (Å²) in [5.41, 5.74) is 4.03. The highest BCUT2D eigenvalue weighted by Crippen LogP contribution is 2.30. The van der Waals surface area contributed by atoms with Crippen LogP contribution in [0.4, 0.5) is 10.1 Å². The van der Waals surface area contributed by atoms with Crippen LogP contribution in [0.15, 0.2) is 66.2 Å². The lowest BCUT2D eigenvalue weighted by Gasteiger charge is -2.13. The molecule has 1 amide bonds. The predicted octanol–water partition coefficient (Wildman–Crippen LogP) is 5.88. The van der Waals surface area contributed by atoms with Gasteiger partial charge in [-0.2, -0.15) is 5.26 Å². The van der Waals surface area contributed by atoms with Gasteiger partial charge < -0.3 is 10.1 Å². The molecule has 0 heterocycles. The lowest BCUT2D eigenvalue weighted by atomic mass is 10.0. The molecule has 0 aliphatic rings. The number of hydrogen-bond donors (Lipinski definition) is 1. The highest BCUT2D eigenvalue weighted by Gasteiger charge is 2.14. The van der Waals surface area contributed by atoms with E-state index in [9.17, 15) is 14.4 Å². The summed E-state index contributed by atoms with van der Waals surface area (Å²) in [4.78, 5) is 12.6. The van der Waals surface area contributed by atoms with Crippen molar-refractivity contribution in [2.45, 2.75) is 13.3 Å². The van der Waals surface area contributed by atoms with Gasteiger partial charge >= 0.3 is 0 Å². The number of aryl methyl sites for hydroxylation is 1. The third kappa shape index (κ3) is 5.92. The molecule has 156 valence electrons. The van der Waals surface area contributed by atoms with Crippen molar-refractivity contribution in [1.82, 2.24) is 0 Å². The number of ether oxygens (including phenoxy) is 1. The van der Waals surface area contributed by atoms with Gasteiger partial charge in [0.05, 0.1) is 7.11 Å². The fraction of sp³-hybridized carbons (Fsp3) is 0.120. The van der Waals surface area contributed by atoms with E-state index in [2.05, 4.69) is 27.9 Å². The zero-order chi connectivity index (χ0) is 22.4. The molecule has 0 unspecified atom stereocenters. The van der Waals surface area contributed by atoms with Crippen LogP contribution in [0.3, 0.4) is 0 Å². The van der Waals surface area contributed by atoms with E-state index in [1.807, 2.05) is 43.3 Å². The fourth-order valence-electron chi connectivity index (χ4n) is 3.16. The van der Waals surface area contributed by atoms with Crippen LogP contribution in [0.5, 0.6) is 5.75 Å². The van der Waals surface area contributed by atoms with Gasteiger partial charge in [0.1, 0.15) is 23.2 Å². The maximum atomic E-state index is 13.5. The molecule has 0 spiro atoms. The van der Waals surface area contributed by atoms with E-state index in [1.165, 1.54) is 18.2 Å². The molecule has 4 nitrogen and oxygen atoms in total. The third-order valence-electron chi connectivity index (χ3n) is 4.62. The standard InChI is InChI=1S/C25H20FIN2O2/c1-16-5-3-8-21(9-16)29-25(30)19(15-28)10-18-13-23(27)22(24(14-18)31-2)12-17-6-4-7-20(26)11-17/h3-11,13-14H,12H2,1-2H3,(H,29,30)/b19-10+. The van der Waals surface area contributed by atoms with Crippen molar-refractivity contribution in [2.75, 3.05) is 12.4 Å². The Morgan fingerprint density at radius 2 is 1.97 bits per heavy atom. The highest BCUT2D eigenvalue weighted by molar-refractivity contribution is 14.1. The molecule has 1 N–H and O–H groups in total. The van der Waals surface area contributed by atoms with Gasteiger partial charge in [0, 0.05) is 21.2 Å². The number of nitriles is 1. The zero-order valence-corrected chi connectivity index (χ0v) is 19.2. The maximum absolute atomic E-state index is 13.5. The summed E-state index contributed by atoms with van der Waals surface area (Å²) in [5.74, 6) is -0.158. The van der Waals surface area contributed by atoms with Crippen LogP contribution in [0.2, 0.25) is 0 Å². The molecule has 0 bridgehead atoms. The fourth-order valence-corrected chi connectivity index (χ4v) is 3.97. The van der Waals surface area contributed by atoms with Gasteiger partial charge in [-0.15, -0.1) is 0 Å². The van der Waals surface area contributed by atoms with Crippen LogP contribution < -0.4 is 10.1 Å². The summed E-state index contributed by atoms with van der Waals surface area (Å²) < 4.78 is 20.0. The van der Waals surface area contributed by atoms with Crippen molar-refractivity contribution in [3.8, 4) is 11.8 Å². The highest BCUT2D eigenvalue weighted by atomic mass is 127. The largest absolute Gasteiger partial charge is 0.496 e. The van der Waals surface area contributed by atoms with Crippen molar-refractivity contribution in [3.05, 3.63) is 97.9 Å². The first-order chi connectivity index (χ1) is 14.9. The average molecular weight is 526 g/mol. The number of nitrogens with one attached hydrogen (secondary N) is 1. The van der Waals surface area contributed by atoms with Crippen LogP contribution in [0, 0.1) is 27.6 Å². The maximum Gasteiger partial charge on any atom is 0.266 e. The van der Waals surface area contributed by atoms with Crippen molar-refractivity contribution in [3.63, 3.8) is 0 Å². The molecule has 0 aliphatic heterocycles. The van der Waals surface area contributed by atoms with Gasteiger partial charge in [-0.3, -0.25) is 4.79 Å². The number of halogens is 2. The van der Waals surface area contributed by atoms with Crippen LogP contribution in [-0.2, 0) is 11.2 Å². The topological polar surface area (TPSA) is 62.1 Å². The average Bonchev–Trinajstić information content (AvgIpc) is 2.73. The minimum Gasteiger partial charge on any atom is -0.496 e. The van der Waals surface area contributed by atoms with Crippen LogP contribution >= 0.6 is 22.6 Å². The molecule has 6 heteroatoms. The molecule has 0 radical (unpaired) electrons. The van der Waals surface area contributed by atoms with Gasteiger partial charge in [-0.05, 0) is 88.7 Å². The van der Waals surface area contributed by atoms with Gasteiger partial charge in [0.2, 0.25) is 0 Å². The Morgan fingerprint density at radius 1 is 1.19 bits per heavy atom. The van der Waals surface area contributed by atoms with Crippen LogP contribution in [-0.4, -0.2) is 13.0 Å². The molecule has 0 aromatic heterocycles. The van der Waals surface area contributed by atoms with E-state index < -0.39 is 5.91 Å². The monoisotopic (exact) mass is 526 g/mol. The smallest absolute Gasteiger partial charge is 0.266 e. The van der Waals surface area contributed by atoms with E-state index in [4.69, 9.17) is 4.74 Å². The number of carbonyl (C=O) groups is 1. The molecular weight excluding hydrogens is 506 g/mol. The van der Waals surface area contributed by atoms with E-state index in [0.717, 1.165) is 20.3 Å². The number of methoxy groups -OCH3 is 1. The second-order valence-electron chi connectivity index (χ2n) is 6.98. The van der Waals surface area contributed by atoms with Gasteiger partial charge in [-0.1, -0.05) is 24.3 Å². The first-order valence-electron chi connectivity index (χ1n) is 9.50. The Morgan fingerprint density at radius 3 is 2.65 bits per heavy atom. The number of rotatable bonds is 6. The zero-order valence-electron chi connectivity index (χ0n) is 17.1. The second-order valence-corrected chi connectivity index (χ2v) is 8.15. The molecule has 31 heavy (non-hydrogen) atoms. The Balaban J connectivity index is 1.89. The van der Waals surface area contributed by atoms with Crippen molar-refractivity contribution >= 4 is 40.3 Å². The molecule has 0 fully saturated rings. The van der Waals surface area contributed by atoms with Crippen LogP contribution in [0.1, 0.15) is 22.3 Å². The predicted molar refractivity (Wildman–Crippen MR) is 128 cm³/mol. The molecule has 0 atom stereocenters. The summed E-state index contributed by atoms with van der Waals surface area (Å²) >= 11 is 2.18. The number of nitrogens with zero attached hydrogens (tertiary/aromatic N) is 1. The number of benzene rings is 3. The Kier molecular flexibility index (Phi) is 7.42. The SMILES string of the molecule is COc1cc(/C=C(\C#N)C(=O)Nc2cccc(C)c2)cc(I)c1Cc1cccc(F)c1. The molecule has 3 rings (SSSR count). The van der Waals surface area contributed by atoms with E-state index in [0.29, 0.717) is 23.4 Å². The van der Waals surface area contributed by atoms with Gasteiger partial charge in [0.15, 0.2) is 0 Å². The minimum absolute atomic E-state index is 0.0164. The number of amides is 1. The lowest BCUT2D eigenvalue weighted by Crippen LogP contribution is -2.13. The first kappa shape index (κ1) is 22.5. The Bertz CT molecular complexity index is 1200. The van der Waals surface area contributed by atoms with E-state index in [1.54, 1.807) is 25.3 Å². The summed E-state index contributed by atoms with van der Waals surface area (Å²) in [5, 5.41) is 12.3. The Labute approximate surface area is 194 Å². The van der Waals surface area contributed by atoms with Crippen molar-refractivity contribution < 1.29 is 13.9 Å². The van der Waals surface area contributed by atoms with Crippen molar-refractivity contribution in [2.24, 2.45) is 0 Å². The molecule has 0 saturated carbocycles. The molecular formula is C25H20FIN2O2. The lowest BCUT2D eigenvalue weighted by molar-refractivity contribution is -0.112. The normalized spacial score (nSPS) is 11.0. The number of hydrogen-bond acceptors (Lipinski definition) is 3. The van der Waals surface area contributed by atoms with Crippen molar-refractivity contribution in [1.29, 1.82) is 5.26 Å². The van der Waals surface area contributed by atoms with Gasteiger partial charge in [0.25, 0.3) is 5.91 Å². The quantitative estimate of drug-likeness (QED) is 0.248. The summed E-state index contributed by atoms with van der Waals surface area (Å²) in [7, 11) is 1.56. The summed E-state index contributed by atoms with van der Waals surface area (Å²) in [6, 6.07) is 19.4. The molecule has 0 aliphatic carbocycles. The van der Waals surface area contributed by atoms with E-state index >= 15 is 0 Å². The number of carbonyl (C=O) groups excluding carboxylic acids is 1. The van der Waals surface area contributed by atoms with Crippen LogP contribution in [0.25, 0.3) is 6.08 Å². The Hall–Kier alpha value is -3.18.